The zero-order chi connectivity index (χ0) is 13.9. The summed E-state index contributed by atoms with van der Waals surface area (Å²) in [4.78, 5) is 4.30. The lowest BCUT2D eigenvalue weighted by atomic mass is 10.1. The van der Waals surface area contributed by atoms with Crippen molar-refractivity contribution in [1.82, 2.24) is 14.9 Å². The summed E-state index contributed by atoms with van der Waals surface area (Å²) in [5, 5.41) is 12.2. The Morgan fingerprint density at radius 1 is 1.45 bits per heavy atom. The van der Waals surface area contributed by atoms with Crippen LogP contribution < -0.4 is 5.32 Å². The lowest BCUT2D eigenvalue weighted by Crippen LogP contribution is -2.15. The third-order valence-corrected chi connectivity index (χ3v) is 3.39. The van der Waals surface area contributed by atoms with Crippen molar-refractivity contribution in [2.24, 2.45) is 0 Å². The number of imidazole rings is 1. The molecule has 1 aromatic carbocycles. The topological polar surface area (TPSA) is 53.6 Å². The van der Waals surface area contributed by atoms with E-state index in [9.17, 15) is 4.39 Å². The van der Waals surface area contributed by atoms with E-state index in [1.165, 1.54) is 18.9 Å². The zero-order valence-electron chi connectivity index (χ0n) is 11.0. The number of hydrogen-bond acceptors (Lipinski definition) is 3. The first-order valence-corrected chi connectivity index (χ1v) is 6.68. The molecule has 20 heavy (non-hydrogen) atoms. The molecule has 4 nitrogen and oxygen atoms in total. The first-order valence-electron chi connectivity index (χ1n) is 6.68. The van der Waals surface area contributed by atoms with E-state index in [1.54, 1.807) is 18.5 Å². The number of benzene rings is 1. The Morgan fingerprint density at radius 2 is 2.30 bits per heavy atom. The molecule has 0 saturated heterocycles. The van der Waals surface area contributed by atoms with Crippen LogP contribution in [0.2, 0.25) is 0 Å². The fraction of sp³-hybridized carbons (Fsp3) is 0.333. The Bertz CT molecular complexity index is 652. The van der Waals surface area contributed by atoms with Gasteiger partial charge >= 0.3 is 0 Å². The van der Waals surface area contributed by atoms with Gasteiger partial charge in [0.05, 0.1) is 24.1 Å². The highest BCUT2D eigenvalue weighted by atomic mass is 19.1. The molecular weight excluding hydrogens is 255 g/mol. The highest BCUT2D eigenvalue weighted by Gasteiger charge is 2.20. The zero-order valence-corrected chi connectivity index (χ0v) is 11.0. The molecule has 0 atom stereocenters. The van der Waals surface area contributed by atoms with Crippen LogP contribution in [0.5, 0.6) is 0 Å². The largest absolute Gasteiger partial charge is 0.333 e. The number of rotatable bonds is 5. The van der Waals surface area contributed by atoms with Crippen LogP contribution in [0.25, 0.3) is 0 Å². The van der Waals surface area contributed by atoms with Gasteiger partial charge in [-0.1, -0.05) is 12.1 Å². The van der Waals surface area contributed by atoms with Crippen LogP contribution in [0.4, 0.5) is 4.39 Å². The van der Waals surface area contributed by atoms with Crippen LogP contribution in [0.15, 0.2) is 30.7 Å². The predicted octanol–water partition coefficient (Wildman–Crippen LogP) is 2.19. The summed E-state index contributed by atoms with van der Waals surface area (Å²) in [6.07, 6.45) is 6.09. The van der Waals surface area contributed by atoms with E-state index in [0.717, 1.165) is 12.2 Å². The van der Waals surface area contributed by atoms with E-state index >= 15 is 0 Å². The molecule has 2 aromatic rings. The van der Waals surface area contributed by atoms with Crippen molar-refractivity contribution in [3.05, 3.63) is 53.4 Å². The highest BCUT2D eigenvalue weighted by molar-refractivity contribution is 5.35. The molecule has 1 aliphatic carbocycles. The lowest BCUT2D eigenvalue weighted by Gasteiger charge is -2.05. The molecule has 1 N–H and O–H groups in total. The van der Waals surface area contributed by atoms with E-state index in [2.05, 4.69) is 10.3 Å². The van der Waals surface area contributed by atoms with Crippen LogP contribution >= 0.6 is 0 Å². The SMILES string of the molecule is N#Cc1cccc(Cn2cnc(CNC3CC3)c2)c1F. The molecule has 0 radical (unpaired) electrons. The Morgan fingerprint density at radius 3 is 3.05 bits per heavy atom. The second-order valence-corrected chi connectivity index (χ2v) is 5.08. The quantitative estimate of drug-likeness (QED) is 0.906. The van der Waals surface area contributed by atoms with E-state index in [0.29, 0.717) is 18.2 Å². The first kappa shape index (κ1) is 12.8. The Hall–Kier alpha value is -2.19. The summed E-state index contributed by atoms with van der Waals surface area (Å²) in [7, 11) is 0. The molecule has 1 heterocycles. The summed E-state index contributed by atoms with van der Waals surface area (Å²) in [6.45, 7) is 1.14. The normalized spacial score (nSPS) is 14.2. The minimum absolute atomic E-state index is 0.0817. The first-order chi connectivity index (χ1) is 9.76. The highest BCUT2D eigenvalue weighted by Crippen LogP contribution is 2.19. The third kappa shape index (κ3) is 2.86. The van der Waals surface area contributed by atoms with Crippen molar-refractivity contribution in [3.63, 3.8) is 0 Å². The molecule has 1 saturated carbocycles. The van der Waals surface area contributed by atoms with Gasteiger partial charge in [0.1, 0.15) is 11.9 Å². The molecule has 0 unspecified atom stereocenters. The van der Waals surface area contributed by atoms with Gasteiger partial charge in [-0.15, -0.1) is 0 Å². The molecule has 0 aliphatic heterocycles. The van der Waals surface area contributed by atoms with Crippen LogP contribution in [-0.2, 0) is 13.1 Å². The second kappa shape index (κ2) is 5.43. The average molecular weight is 270 g/mol. The lowest BCUT2D eigenvalue weighted by molar-refractivity contribution is 0.595. The van der Waals surface area contributed by atoms with Crippen molar-refractivity contribution in [1.29, 1.82) is 5.26 Å². The van der Waals surface area contributed by atoms with Crippen LogP contribution in [0, 0.1) is 17.1 Å². The summed E-state index contributed by atoms with van der Waals surface area (Å²) >= 11 is 0. The van der Waals surface area contributed by atoms with Gasteiger partial charge in [-0.05, 0) is 18.9 Å². The van der Waals surface area contributed by atoms with Gasteiger partial charge in [-0.2, -0.15) is 5.26 Å². The van der Waals surface area contributed by atoms with Gasteiger partial charge in [0.15, 0.2) is 0 Å². The van der Waals surface area contributed by atoms with Crippen molar-refractivity contribution in [3.8, 4) is 6.07 Å². The number of aromatic nitrogens is 2. The Labute approximate surface area is 116 Å². The van der Waals surface area contributed by atoms with Crippen molar-refractivity contribution < 1.29 is 4.39 Å². The summed E-state index contributed by atoms with van der Waals surface area (Å²) in [5.74, 6) is -0.443. The monoisotopic (exact) mass is 270 g/mol. The third-order valence-electron chi connectivity index (χ3n) is 3.39. The van der Waals surface area contributed by atoms with Crippen molar-refractivity contribution in [2.75, 3.05) is 0 Å². The molecule has 0 amide bonds. The fourth-order valence-electron chi connectivity index (χ4n) is 2.11. The summed E-state index contributed by atoms with van der Waals surface area (Å²) in [6, 6.07) is 7.37. The smallest absolute Gasteiger partial charge is 0.145 e. The van der Waals surface area contributed by atoms with Crippen molar-refractivity contribution >= 4 is 0 Å². The number of halogens is 1. The van der Waals surface area contributed by atoms with Crippen molar-refractivity contribution in [2.45, 2.75) is 32.0 Å². The van der Waals surface area contributed by atoms with Crippen LogP contribution in [-0.4, -0.2) is 15.6 Å². The van der Waals surface area contributed by atoms with Crippen LogP contribution in [0.3, 0.4) is 0 Å². The molecule has 5 heteroatoms. The van der Waals surface area contributed by atoms with Gasteiger partial charge in [0, 0.05) is 24.3 Å². The molecule has 1 aliphatic rings. The second-order valence-electron chi connectivity index (χ2n) is 5.08. The molecule has 1 aromatic heterocycles. The molecular formula is C15H15FN4. The van der Waals surface area contributed by atoms with Gasteiger partial charge in [0.2, 0.25) is 0 Å². The summed E-state index contributed by atoms with van der Waals surface area (Å²) in [5.41, 5.74) is 1.54. The Balaban J connectivity index is 1.69. The summed E-state index contributed by atoms with van der Waals surface area (Å²) < 4.78 is 15.8. The average Bonchev–Trinajstić information content (AvgIpc) is 3.19. The fourth-order valence-corrected chi connectivity index (χ4v) is 2.11. The number of hydrogen-bond donors (Lipinski definition) is 1. The molecule has 0 spiro atoms. The standard InChI is InChI=1S/C15H15FN4/c16-15-11(6-17)2-1-3-12(15)8-20-9-14(19-10-20)7-18-13-4-5-13/h1-3,9-10,13,18H,4-5,7-8H2. The molecule has 3 rings (SSSR count). The van der Waals surface area contributed by atoms with Gasteiger partial charge in [0.25, 0.3) is 0 Å². The Kier molecular flexibility index (Phi) is 3.48. The molecule has 102 valence electrons. The number of nitrogens with zero attached hydrogens (tertiary/aromatic N) is 3. The van der Waals surface area contributed by atoms with Gasteiger partial charge < -0.3 is 9.88 Å². The van der Waals surface area contributed by atoms with E-state index in [-0.39, 0.29) is 5.56 Å². The maximum atomic E-state index is 14.0. The van der Waals surface area contributed by atoms with Crippen LogP contribution in [0.1, 0.15) is 29.7 Å². The number of nitrogens with one attached hydrogen (secondary N) is 1. The van der Waals surface area contributed by atoms with E-state index in [1.807, 2.05) is 16.8 Å². The predicted molar refractivity (Wildman–Crippen MR) is 72.3 cm³/mol. The maximum Gasteiger partial charge on any atom is 0.145 e. The minimum Gasteiger partial charge on any atom is -0.333 e. The van der Waals surface area contributed by atoms with E-state index < -0.39 is 5.82 Å². The van der Waals surface area contributed by atoms with Gasteiger partial charge in [-0.25, -0.2) is 9.37 Å². The van der Waals surface area contributed by atoms with E-state index in [4.69, 9.17) is 5.26 Å². The molecule has 1 fully saturated rings. The minimum atomic E-state index is -0.443. The maximum absolute atomic E-state index is 14.0. The van der Waals surface area contributed by atoms with Gasteiger partial charge in [-0.3, -0.25) is 0 Å². The molecule has 0 bridgehead atoms. The number of nitriles is 1.